The van der Waals surface area contributed by atoms with E-state index in [0.29, 0.717) is 13.2 Å². The summed E-state index contributed by atoms with van der Waals surface area (Å²) in [5.41, 5.74) is 6.02. The van der Waals surface area contributed by atoms with Crippen LogP contribution < -0.4 is 9.47 Å². The van der Waals surface area contributed by atoms with Gasteiger partial charge in [0.05, 0.1) is 17.8 Å². The Morgan fingerprint density at radius 3 is 2.26 bits per heavy atom. The molecule has 4 heteroatoms. The second kappa shape index (κ2) is 10.2. The first-order valence-electron chi connectivity index (χ1n) is 11.3. The summed E-state index contributed by atoms with van der Waals surface area (Å²) in [6.07, 6.45) is 0. The van der Waals surface area contributed by atoms with Gasteiger partial charge in [-0.15, -0.1) is 0 Å². The molecule has 1 N–H and O–H groups in total. The topological polar surface area (TPSA) is 51.6 Å². The highest BCUT2D eigenvalue weighted by atomic mass is 16.5. The van der Waals surface area contributed by atoms with Crippen molar-refractivity contribution in [2.24, 2.45) is 0 Å². The lowest BCUT2D eigenvalue weighted by Crippen LogP contribution is -1.98. The summed E-state index contributed by atoms with van der Waals surface area (Å²) in [6, 6.07) is 36.1. The fourth-order valence-electron chi connectivity index (χ4n) is 3.83. The predicted molar refractivity (Wildman–Crippen MR) is 135 cm³/mol. The zero-order valence-corrected chi connectivity index (χ0v) is 18.7. The third-order valence-corrected chi connectivity index (χ3v) is 5.64. The van der Waals surface area contributed by atoms with Crippen molar-refractivity contribution in [2.45, 2.75) is 19.8 Å². The van der Waals surface area contributed by atoms with Gasteiger partial charge in [-0.05, 0) is 64.7 Å². The maximum atomic E-state index is 9.29. The molecule has 0 fully saturated rings. The fourth-order valence-corrected chi connectivity index (χ4v) is 3.83. The number of aliphatic hydroxyl groups is 1. The molecule has 0 amide bonds. The highest BCUT2D eigenvalue weighted by molar-refractivity contribution is 5.78. The van der Waals surface area contributed by atoms with E-state index in [9.17, 15) is 5.11 Å². The average molecular weight is 448 g/mol. The summed E-state index contributed by atoms with van der Waals surface area (Å²) in [5, 5.41) is 10.4. The van der Waals surface area contributed by atoms with E-state index in [2.05, 4.69) is 41.4 Å². The van der Waals surface area contributed by atoms with Crippen LogP contribution in [0.5, 0.6) is 11.5 Å². The molecule has 1 aromatic heterocycles. The van der Waals surface area contributed by atoms with Crippen molar-refractivity contribution < 1.29 is 14.6 Å². The molecular formula is C30H25NO3. The number of aliphatic hydroxyl groups excluding tert-OH is 1. The van der Waals surface area contributed by atoms with Crippen LogP contribution in [0, 0.1) is 0 Å². The number of nitrogens with zero attached hydrogens (tertiary/aromatic N) is 1. The van der Waals surface area contributed by atoms with Gasteiger partial charge in [-0.25, -0.2) is 4.98 Å². The first-order chi connectivity index (χ1) is 16.8. The van der Waals surface area contributed by atoms with Crippen LogP contribution in [0.15, 0.2) is 109 Å². The number of pyridine rings is 1. The smallest absolute Gasteiger partial charge is 0.130 e. The minimum Gasteiger partial charge on any atom is -0.489 e. The first-order valence-corrected chi connectivity index (χ1v) is 11.3. The maximum absolute atomic E-state index is 9.29. The van der Waals surface area contributed by atoms with E-state index in [0.717, 1.165) is 50.3 Å². The lowest BCUT2D eigenvalue weighted by Gasteiger charge is -2.10. The largest absolute Gasteiger partial charge is 0.489 e. The van der Waals surface area contributed by atoms with Crippen molar-refractivity contribution in [3.8, 4) is 22.6 Å². The van der Waals surface area contributed by atoms with Gasteiger partial charge in [-0.2, -0.15) is 0 Å². The summed E-state index contributed by atoms with van der Waals surface area (Å²) in [4.78, 5) is 4.66. The standard InChI is InChI=1S/C30H25NO3/c32-19-22-5-4-9-29(18-22)33-20-23-6-3-8-26(17-23)24-12-15-28(16-13-24)34-21-27-14-11-25-7-1-2-10-30(25)31-27/h1-18,32H,19-21H2. The SMILES string of the molecule is OCc1cccc(OCc2cccc(-c3ccc(OCc4ccc5ccccc5n4)cc3)c2)c1. The van der Waals surface area contributed by atoms with Gasteiger partial charge in [0.15, 0.2) is 0 Å². The molecule has 4 nitrogen and oxygen atoms in total. The summed E-state index contributed by atoms with van der Waals surface area (Å²) < 4.78 is 11.9. The van der Waals surface area contributed by atoms with E-state index < -0.39 is 0 Å². The summed E-state index contributed by atoms with van der Waals surface area (Å²) in [5.74, 6) is 1.56. The monoisotopic (exact) mass is 447 g/mol. The fraction of sp³-hybridized carbons (Fsp3) is 0.100. The van der Waals surface area contributed by atoms with E-state index in [4.69, 9.17) is 9.47 Å². The molecule has 0 bridgehead atoms. The van der Waals surface area contributed by atoms with Gasteiger partial charge in [0.2, 0.25) is 0 Å². The van der Waals surface area contributed by atoms with E-state index in [1.54, 1.807) is 0 Å². The number of aromatic nitrogens is 1. The Kier molecular flexibility index (Phi) is 6.50. The van der Waals surface area contributed by atoms with Gasteiger partial charge in [0.25, 0.3) is 0 Å². The highest BCUT2D eigenvalue weighted by Gasteiger charge is 2.04. The second-order valence-corrected chi connectivity index (χ2v) is 8.10. The van der Waals surface area contributed by atoms with Crippen LogP contribution in [0.4, 0.5) is 0 Å². The third-order valence-electron chi connectivity index (χ3n) is 5.64. The van der Waals surface area contributed by atoms with Crippen molar-refractivity contribution in [3.63, 3.8) is 0 Å². The number of hydrogen-bond acceptors (Lipinski definition) is 4. The zero-order chi connectivity index (χ0) is 23.2. The molecule has 0 saturated carbocycles. The maximum Gasteiger partial charge on any atom is 0.130 e. The van der Waals surface area contributed by atoms with Crippen molar-refractivity contribution >= 4 is 10.9 Å². The summed E-state index contributed by atoms with van der Waals surface area (Å²) >= 11 is 0. The molecule has 0 atom stereocenters. The van der Waals surface area contributed by atoms with Gasteiger partial charge in [-0.3, -0.25) is 0 Å². The average Bonchev–Trinajstić information content (AvgIpc) is 2.91. The Morgan fingerprint density at radius 1 is 0.588 bits per heavy atom. The molecule has 5 aromatic rings. The molecule has 0 saturated heterocycles. The van der Waals surface area contributed by atoms with Crippen LogP contribution in [0.25, 0.3) is 22.0 Å². The molecule has 1 heterocycles. The third kappa shape index (κ3) is 5.25. The molecule has 5 rings (SSSR count). The minimum atomic E-state index is 0.00512. The Balaban J connectivity index is 1.22. The molecule has 0 aliphatic rings. The van der Waals surface area contributed by atoms with Crippen LogP contribution in [0.3, 0.4) is 0 Å². The summed E-state index contributed by atoms with van der Waals surface area (Å²) in [7, 11) is 0. The number of para-hydroxylation sites is 1. The quantitative estimate of drug-likeness (QED) is 0.293. The lowest BCUT2D eigenvalue weighted by atomic mass is 10.0. The van der Waals surface area contributed by atoms with E-state index in [-0.39, 0.29) is 6.61 Å². The van der Waals surface area contributed by atoms with Gasteiger partial charge >= 0.3 is 0 Å². The Hall–Kier alpha value is -4.15. The Labute approximate surface area is 199 Å². The molecule has 0 radical (unpaired) electrons. The van der Waals surface area contributed by atoms with Crippen LogP contribution in [0.2, 0.25) is 0 Å². The van der Waals surface area contributed by atoms with Gasteiger partial charge in [0, 0.05) is 5.39 Å². The summed E-state index contributed by atoms with van der Waals surface area (Å²) in [6.45, 7) is 0.891. The van der Waals surface area contributed by atoms with Crippen LogP contribution in [0.1, 0.15) is 16.8 Å². The van der Waals surface area contributed by atoms with Crippen molar-refractivity contribution in [1.82, 2.24) is 4.98 Å². The minimum absolute atomic E-state index is 0.00512. The van der Waals surface area contributed by atoms with Gasteiger partial charge < -0.3 is 14.6 Å². The number of hydrogen-bond donors (Lipinski definition) is 1. The first kappa shape index (κ1) is 21.7. The molecule has 0 spiro atoms. The molecule has 34 heavy (non-hydrogen) atoms. The molecule has 0 aliphatic carbocycles. The molecular weight excluding hydrogens is 422 g/mol. The predicted octanol–water partition coefficient (Wildman–Crippen LogP) is 6.55. The molecule has 0 unspecified atom stereocenters. The van der Waals surface area contributed by atoms with Crippen LogP contribution >= 0.6 is 0 Å². The lowest BCUT2D eigenvalue weighted by molar-refractivity contribution is 0.278. The normalized spacial score (nSPS) is 10.9. The van der Waals surface area contributed by atoms with E-state index in [1.165, 1.54) is 0 Å². The van der Waals surface area contributed by atoms with E-state index in [1.807, 2.05) is 72.8 Å². The van der Waals surface area contributed by atoms with Crippen LogP contribution in [-0.2, 0) is 19.8 Å². The highest BCUT2D eigenvalue weighted by Crippen LogP contribution is 2.25. The molecule has 4 aromatic carbocycles. The van der Waals surface area contributed by atoms with Crippen molar-refractivity contribution in [2.75, 3.05) is 0 Å². The zero-order valence-electron chi connectivity index (χ0n) is 18.7. The Bertz CT molecular complexity index is 1400. The Morgan fingerprint density at radius 2 is 1.38 bits per heavy atom. The van der Waals surface area contributed by atoms with Crippen molar-refractivity contribution in [1.29, 1.82) is 0 Å². The van der Waals surface area contributed by atoms with Crippen molar-refractivity contribution in [3.05, 3.63) is 126 Å². The molecule has 0 aliphatic heterocycles. The van der Waals surface area contributed by atoms with E-state index >= 15 is 0 Å². The number of rotatable bonds is 8. The van der Waals surface area contributed by atoms with Gasteiger partial charge in [0.1, 0.15) is 24.7 Å². The van der Waals surface area contributed by atoms with Crippen LogP contribution in [-0.4, -0.2) is 10.1 Å². The second-order valence-electron chi connectivity index (χ2n) is 8.10. The number of benzene rings is 4. The van der Waals surface area contributed by atoms with Gasteiger partial charge in [-0.1, -0.05) is 66.7 Å². The number of ether oxygens (including phenoxy) is 2. The molecule has 168 valence electrons. The number of fused-ring (bicyclic) bond motifs is 1.